The standard InChI is InChI=1S/C16H26NOP/c1-6-19(7-2,8-3)12-15(18)17-16-13(4)10-9-11-14(16)5/h9-11H,6-8,12H2,1-5H3/p+1. The lowest BCUT2D eigenvalue weighted by Gasteiger charge is -2.23. The van der Waals surface area contributed by atoms with Gasteiger partial charge >= 0.3 is 0 Å². The third-order valence-corrected chi connectivity index (χ3v) is 9.22. The molecule has 0 saturated heterocycles. The maximum absolute atomic E-state index is 12.3. The minimum atomic E-state index is -1.07. The molecule has 0 spiro atoms. The monoisotopic (exact) mass is 280 g/mol. The van der Waals surface area contributed by atoms with Gasteiger partial charge in [-0.3, -0.25) is 4.79 Å². The number of anilines is 1. The van der Waals surface area contributed by atoms with Crippen molar-refractivity contribution >= 4 is 18.9 Å². The van der Waals surface area contributed by atoms with Crippen LogP contribution >= 0.6 is 7.26 Å². The molecule has 0 aliphatic rings. The molecule has 19 heavy (non-hydrogen) atoms. The lowest BCUT2D eigenvalue weighted by Crippen LogP contribution is -2.22. The molecule has 1 rings (SSSR count). The Morgan fingerprint density at radius 1 is 1.05 bits per heavy atom. The minimum Gasteiger partial charge on any atom is -0.322 e. The quantitative estimate of drug-likeness (QED) is 0.772. The fourth-order valence-electron chi connectivity index (χ4n) is 2.50. The molecule has 0 radical (unpaired) electrons. The number of carbonyl (C=O) groups is 1. The van der Waals surface area contributed by atoms with Crippen molar-refractivity contribution in [2.75, 3.05) is 30.0 Å². The van der Waals surface area contributed by atoms with Crippen LogP contribution in [-0.4, -0.2) is 30.6 Å². The second kappa shape index (κ2) is 7.05. The van der Waals surface area contributed by atoms with E-state index >= 15 is 0 Å². The van der Waals surface area contributed by atoms with Crippen molar-refractivity contribution in [3.63, 3.8) is 0 Å². The van der Waals surface area contributed by atoms with Gasteiger partial charge in [-0.25, -0.2) is 0 Å². The summed E-state index contributed by atoms with van der Waals surface area (Å²) in [7, 11) is -1.07. The zero-order valence-corrected chi connectivity index (χ0v) is 13.8. The van der Waals surface area contributed by atoms with Crippen LogP contribution in [0.3, 0.4) is 0 Å². The Bertz CT molecular complexity index is 410. The summed E-state index contributed by atoms with van der Waals surface area (Å²) in [4.78, 5) is 12.3. The van der Waals surface area contributed by atoms with Crippen LogP contribution in [-0.2, 0) is 4.79 Å². The fraction of sp³-hybridized carbons (Fsp3) is 0.562. The average Bonchev–Trinajstić information content (AvgIpc) is 2.41. The van der Waals surface area contributed by atoms with E-state index in [1.54, 1.807) is 0 Å². The van der Waals surface area contributed by atoms with E-state index in [4.69, 9.17) is 0 Å². The summed E-state index contributed by atoms with van der Waals surface area (Å²) in [6.45, 7) is 10.8. The van der Waals surface area contributed by atoms with Gasteiger partial charge in [0.25, 0.3) is 5.91 Å². The van der Waals surface area contributed by atoms with Gasteiger partial charge in [0, 0.05) is 12.9 Å². The zero-order chi connectivity index (χ0) is 14.5. The molecule has 1 N–H and O–H groups in total. The molecule has 0 unspecified atom stereocenters. The first-order valence-corrected chi connectivity index (χ1v) is 9.72. The maximum atomic E-state index is 12.3. The molecule has 0 bridgehead atoms. The number of benzene rings is 1. The second-order valence-corrected chi connectivity index (χ2v) is 10.2. The Labute approximate surface area is 118 Å². The lowest BCUT2D eigenvalue weighted by atomic mass is 10.1. The topological polar surface area (TPSA) is 29.1 Å². The smallest absolute Gasteiger partial charge is 0.261 e. The highest BCUT2D eigenvalue weighted by Gasteiger charge is 2.34. The number of hydrogen-bond acceptors (Lipinski definition) is 1. The highest BCUT2D eigenvalue weighted by atomic mass is 31.2. The number of nitrogens with one attached hydrogen (secondary N) is 1. The highest BCUT2D eigenvalue weighted by Crippen LogP contribution is 2.57. The first kappa shape index (κ1) is 16.2. The van der Waals surface area contributed by atoms with Crippen LogP contribution in [0.2, 0.25) is 0 Å². The van der Waals surface area contributed by atoms with E-state index < -0.39 is 7.26 Å². The molecule has 0 saturated carbocycles. The summed E-state index contributed by atoms with van der Waals surface area (Å²) in [5.41, 5.74) is 3.28. The molecule has 1 aromatic rings. The van der Waals surface area contributed by atoms with Crippen LogP contribution in [0.4, 0.5) is 5.69 Å². The van der Waals surface area contributed by atoms with Crippen LogP contribution in [0.15, 0.2) is 18.2 Å². The van der Waals surface area contributed by atoms with E-state index in [2.05, 4.69) is 26.1 Å². The lowest BCUT2D eigenvalue weighted by molar-refractivity contribution is -0.113. The van der Waals surface area contributed by atoms with Crippen LogP contribution in [0.25, 0.3) is 0 Å². The van der Waals surface area contributed by atoms with E-state index in [9.17, 15) is 4.79 Å². The van der Waals surface area contributed by atoms with E-state index in [0.717, 1.165) is 23.0 Å². The summed E-state index contributed by atoms with van der Waals surface area (Å²) in [6, 6.07) is 6.12. The van der Waals surface area contributed by atoms with Gasteiger partial charge < -0.3 is 5.32 Å². The largest absolute Gasteiger partial charge is 0.322 e. The van der Waals surface area contributed by atoms with Gasteiger partial charge in [0.1, 0.15) is 6.16 Å². The molecule has 1 amide bonds. The molecule has 0 aliphatic heterocycles. The molecule has 0 aliphatic carbocycles. The molecule has 2 nitrogen and oxygen atoms in total. The molecule has 1 aromatic carbocycles. The second-order valence-electron chi connectivity index (χ2n) is 5.26. The van der Waals surface area contributed by atoms with Gasteiger partial charge in [0.2, 0.25) is 0 Å². The van der Waals surface area contributed by atoms with Crippen molar-refractivity contribution in [2.24, 2.45) is 0 Å². The van der Waals surface area contributed by atoms with Crippen LogP contribution in [0.1, 0.15) is 31.9 Å². The number of amides is 1. The Hall–Kier alpha value is -0.880. The molecular weight excluding hydrogens is 253 g/mol. The normalized spacial score (nSPS) is 11.4. The molecular formula is C16H27NOP+. The molecule has 0 fully saturated rings. The number of rotatable bonds is 6. The van der Waals surface area contributed by atoms with Crippen molar-refractivity contribution in [3.8, 4) is 0 Å². The van der Waals surface area contributed by atoms with E-state index in [1.807, 2.05) is 32.0 Å². The summed E-state index contributed by atoms with van der Waals surface area (Å²) >= 11 is 0. The van der Waals surface area contributed by atoms with Crippen LogP contribution < -0.4 is 5.32 Å². The van der Waals surface area contributed by atoms with Gasteiger partial charge in [-0.05, 0) is 45.7 Å². The van der Waals surface area contributed by atoms with Gasteiger partial charge in [0.05, 0.1) is 18.5 Å². The third-order valence-electron chi connectivity index (χ3n) is 4.24. The van der Waals surface area contributed by atoms with Crippen molar-refractivity contribution in [1.29, 1.82) is 0 Å². The van der Waals surface area contributed by atoms with E-state index in [0.29, 0.717) is 0 Å². The summed E-state index contributed by atoms with van der Waals surface area (Å²) < 4.78 is 0. The van der Waals surface area contributed by atoms with Crippen molar-refractivity contribution in [2.45, 2.75) is 34.6 Å². The predicted octanol–water partition coefficient (Wildman–Crippen LogP) is 4.32. The zero-order valence-electron chi connectivity index (χ0n) is 12.9. The van der Waals surface area contributed by atoms with Crippen molar-refractivity contribution in [1.82, 2.24) is 0 Å². The SMILES string of the molecule is CC[P+](CC)(CC)CC(=O)Nc1c(C)cccc1C. The first-order chi connectivity index (χ1) is 8.98. The van der Waals surface area contributed by atoms with Gasteiger partial charge in [0.15, 0.2) is 0 Å². The number of carbonyl (C=O) groups excluding carboxylic acids is 1. The number of hydrogen-bond donors (Lipinski definition) is 1. The number of aryl methyl sites for hydroxylation is 2. The summed E-state index contributed by atoms with van der Waals surface area (Å²) in [6.07, 6.45) is 4.23. The third kappa shape index (κ3) is 4.04. The summed E-state index contributed by atoms with van der Waals surface area (Å²) in [5.74, 6) is 0.191. The average molecular weight is 280 g/mol. The van der Waals surface area contributed by atoms with Crippen molar-refractivity contribution < 1.29 is 4.79 Å². The van der Waals surface area contributed by atoms with Gasteiger partial charge in [-0.1, -0.05) is 18.2 Å². The first-order valence-electron chi connectivity index (χ1n) is 7.19. The minimum absolute atomic E-state index is 0.191. The molecule has 0 atom stereocenters. The van der Waals surface area contributed by atoms with Gasteiger partial charge in [-0.2, -0.15) is 0 Å². The molecule has 3 heteroatoms. The van der Waals surface area contributed by atoms with E-state index in [-0.39, 0.29) is 5.91 Å². The maximum Gasteiger partial charge on any atom is 0.261 e. The Morgan fingerprint density at radius 3 is 1.95 bits per heavy atom. The Balaban J connectivity index is 2.81. The van der Waals surface area contributed by atoms with Crippen LogP contribution in [0, 0.1) is 13.8 Å². The molecule has 106 valence electrons. The molecule has 0 heterocycles. The Kier molecular flexibility index (Phi) is 6.00. The fourth-order valence-corrected chi connectivity index (χ4v) is 5.20. The highest BCUT2D eigenvalue weighted by molar-refractivity contribution is 7.76. The van der Waals surface area contributed by atoms with E-state index in [1.165, 1.54) is 18.5 Å². The summed E-state index contributed by atoms with van der Waals surface area (Å²) in [5, 5.41) is 3.13. The Morgan fingerprint density at radius 2 is 1.53 bits per heavy atom. The molecule has 0 aromatic heterocycles. The predicted molar refractivity (Wildman–Crippen MR) is 88.0 cm³/mol. The van der Waals surface area contributed by atoms with Crippen molar-refractivity contribution in [3.05, 3.63) is 29.3 Å². The van der Waals surface area contributed by atoms with Gasteiger partial charge in [-0.15, -0.1) is 0 Å². The number of para-hydroxylation sites is 1. The van der Waals surface area contributed by atoms with Crippen LogP contribution in [0.5, 0.6) is 0 Å².